The van der Waals surface area contributed by atoms with E-state index in [2.05, 4.69) is 38.6 Å². The first-order valence-electron chi connectivity index (χ1n) is 18.8. The first-order chi connectivity index (χ1) is 27.1. The molecule has 1 atom stereocenters. The highest BCUT2D eigenvalue weighted by atomic mass is 35.5. The summed E-state index contributed by atoms with van der Waals surface area (Å²) in [6.07, 6.45) is 3.88. The molecular formula is C40H53Cl3FN7O6. The molecule has 1 aliphatic carbocycles. The van der Waals surface area contributed by atoms with E-state index in [0.717, 1.165) is 61.5 Å². The van der Waals surface area contributed by atoms with E-state index in [4.69, 9.17) is 49.0 Å². The maximum atomic E-state index is 14.3. The van der Waals surface area contributed by atoms with E-state index >= 15 is 0 Å². The van der Waals surface area contributed by atoms with Gasteiger partial charge in [-0.2, -0.15) is 15.0 Å². The lowest BCUT2D eigenvalue weighted by molar-refractivity contribution is -0.117. The van der Waals surface area contributed by atoms with E-state index in [1.165, 1.54) is 6.07 Å². The lowest BCUT2D eigenvalue weighted by atomic mass is 10.0. The molecule has 2 aliphatic rings. The summed E-state index contributed by atoms with van der Waals surface area (Å²) in [7, 11) is 1.64. The van der Waals surface area contributed by atoms with Crippen LogP contribution in [0.15, 0.2) is 41.7 Å². The number of ether oxygens (including phenoxy) is 3. The largest absolute Gasteiger partial charge is 0.489 e. The second kappa shape index (κ2) is 22.6. The van der Waals surface area contributed by atoms with Crippen LogP contribution in [0.1, 0.15) is 85.3 Å². The number of cyclic esters (lactones) is 1. The number of carbonyl (C=O) groups is 3. The highest BCUT2D eigenvalue weighted by Gasteiger charge is 2.40. The quantitative estimate of drug-likeness (QED) is 0.125. The predicted molar refractivity (Wildman–Crippen MR) is 224 cm³/mol. The topological polar surface area (TPSA) is 148 Å². The number of allylic oxidation sites excluding steroid dienone is 1. The summed E-state index contributed by atoms with van der Waals surface area (Å²) in [4.78, 5) is 51.0. The summed E-state index contributed by atoms with van der Waals surface area (Å²) in [5.74, 6) is -0.446. The van der Waals surface area contributed by atoms with Gasteiger partial charge in [-0.1, -0.05) is 36.7 Å². The number of anilines is 4. The van der Waals surface area contributed by atoms with Gasteiger partial charge < -0.3 is 29.7 Å². The van der Waals surface area contributed by atoms with Crippen LogP contribution in [0.3, 0.4) is 0 Å². The summed E-state index contributed by atoms with van der Waals surface area (Å²) in [6.45, 7) is 16.6. The molecule has 2 heterocycles. The number of nitrogens with zero attached hydrogens (tertiary/aromatic N) is 5. The predicted octanol–water partition coefficient (Wildman–Crippen LogP) is 9.52. The van der Waals surface area contributed by atoms with Gasteiger partial charge in [0.1, 0.15) is 17.4 Å². The number of imide groups is 1. The van der Waals surface area contributed by atoms with Gasteiger partial charge in [0, 0.05) is 25.8 Å². The Balaban J connectivity index is 0.000000238. The third kappa shape index (κ3) is 13.1. The summed E-state index contributed by atoms with van der Waals surface area (Å²) in [5.41, 5.74) is 3.52. The summed E-state index contributed by atoms with van der Waals surface area (Å²) < 4.78 is 30.2. The number of halogens is 4. The third-order valence-corrected chi connectivity index (χ3v) is 9.29. The summed E-state index contributed by atoms with van der Waals surface area (Å²) in [6, 6.07) is 8.64. The molecule has 1 unspecified atom stereocenters. The van der Waals surface area contributed by atoms with Gasteiger partial charge in [0.05, 0.1) is 35.2 Å². The monoisotopic (exact) mass is 851 g/mol. The SMILES string of the molecule is CC(C)=C1OC(=O)N(c2cc(OC3CCCC3)c(Cl)cc2F)C1=O.CCNc1nc(Cl)nc(NC(C)C)n1.CCc1cccc(C)c1N(C(=O)CCl)C(C)COC. The molecule has 312 valence electrons. The molecule has 3 aromatic rings. The Labute approximate surface area is 349 Å². The van der Waals surface area contributed by atoms with Crippen LogP contribution in [-0.4, -0.2) is 77.2 Å². The molecule has 57 heavy (non-hydrogen) atoms. The molecule has 2 fully saturated rings. The molecule has 0 bridgehead atoms. The number of aryl methyl sites for hydroxylation is 2. The van der Waals surface area contributed by atoms with Crippen LogP contribution in [0.4, 0.5) is 32.5 Å². The van der Waals surface area contributed by atoms with Gasteiger partial charge in [-0.15, -0.1) is 11.6 Å². The van der Waals surface area contributed by atoms with Crippen LogP contribution >= 0.6 is 34.8 Å². The molecule has 13 nitrogen and oxygen atoms in total. The van der Waals surface area contributed by atoms with Crippen LogP contribution < -0.4 is 25.2 Å². The Kier molecular flexibility index (Phi) is 18.7. The Morgan fingerprint density at radius 3 is 2.30 bits per heavy atom. The number of nitrogens with one attached hydrogen (secondary N) is 2. The van der Waals surface area contributed by atoms with Gasteiger partial charge in [-0.05, 0) is 115 Å². The number of rotatable bonds is 13. The Bertz CT molecular complexity index is 1890. The van der Waals surface area contributed by atoms with E-state index in [9.17, 15) is 18.8 Å². The first kappa shape index (κ1) is 47.1. The second-order valence-corrected chi connectivity index (χ2v) is 14.8. The fourth-order valence-electron chi connectivity index (χ4n) is 6.08. The molecule has 2 aromatic carbocycles. The van der Waals surface area contributed by atoms with Crippen LogP contribution in [-0.2, 0) is 25.5 Å². The standard InChI is InChI=1S/C17H17ClFNO4.C15H22ClNO2.C8H14ClN5/c1-9(2)15-16(21)20(17(22)24-15)13-8-14(11(18)7-12(13)19)23-10-5-3-4-6-10;1-5-13-8-6-7-11(2)15(13)17(14(18)9-16)12(3)10-19-4;1-4-10-7-12-6(9)13-8(14-7)11-5(2)3/h7-8,10H,3-6H2,1-2H3;6-8,12H,5,9-10H2,1-4H3;5H,4H2,1-3H3,(H2,10,11,12,13,14). The van der Waals surface area contributed by atoms with E-state index in [0.29, 0.717) is 29.0 Å². The van der Waals surface area contributed by atoms with Crippen LogP contribution in [0.25, 0.3) is 0 Å². The van der Waals surface area contributed by atoms with E-state index in [1.807, 2.05) is 46.8 Å². The molecule has 17 heteroatoms. The third-order valence-electron chi connectivity index (χ3n) is 8.60. The van der Waals surface area contributed by atoms with Crippen LogP contribution in [0.2, 0.25) is 10.3 Å². The number of aromatic nitrogens is 3. The van der Waals surface area contributed by atoms with Crippen molar-refractivity contribution in [2.45, 2.75) is 106 Å². The fourth-order valence-corrected chi connectivity index (χ4v) is 6.57. The van der Waals surface area contributed by atoms with E-state index < -0.39 is 17.8 Å². The fraction of sp³-hybridized carbons (Fsp3) is 0.500. The summed E-state index contributed by atoms with van der Waals surface area (Å²) in [5, 5.41) is 6.33. The zero-order chi connectivity index (χ0) is 42.4. The van der Waals surface area contributed by atoms with Crippen molar-refractivity contribution in [3.8, 4) is 5.75 Å². The molecule has 2 N–H and O–H groups in total. The van der Waals surface area contributed by atoms with Gasteiger partial charge in [-0.3, -0.25) is 9.59 Å². The zero-order valence-corrected chi connectivity index (χ0v) is 36.2. The van der Waals surface area contributed by atoms with Crippen molar-refractivity contribution in [3.05, 3.63) is 68.9 Å². The average molecular weight is 853 g/mol. The number of amides is 3. The van der Waals surface area contributed by atoms with Crippen molar-refractivity contribution in [1.82, 2.24) is 15.0 Å². The van der Waals surface area contributed by atoms with Crippen LogP contribution in [0, 0.1) is 12.7 Å². The molecule has 3 amide bonds. The Hall–Kier alpha value is -4.24. The first-order valence-corrected chi connectivity index (χ1v) is 20.1. The van der Waals surface area contributed by atoms with Gasteiger partial charge >= 0.3 is 12.0 Å². The van der Waals surface area contributed by atoms with Crippen molar-refractivity contribution >= 4 is 76.0 Å². The maximum absolute atomic E-state index is 14.3. The maximum Gasteiger partial charge on any atom is 0.427 e. The number of benzene rings is 2. The van der Waals surface area contributed by atoms with Crippen molar-refractivity contribution in [1.29, 1.82) is 0 Å². The molecule has 5 rings (SSSR count). The number of carbonyl (C=O) groups excluding carboxylic acids is 3. The lowest BCUT2D eigenvalue weighted by Crippen LogP contribution is -2.43. The molecule has 0 spiro atoms. The van der Waals surface area contributed by atoms with Crippen molar-refractivity contribution in [2.75, 3.05) is 46.6 Å². The average Bonchev–Trinajstić information content (AvgIpc) is 3.77. The minimum Gasteiger partial charge on any atom is -0.489 e. The van der Waals surface area contributed by atoms with E-state index in [-0.39, 0.29) is 57.5 Å². The Morgan fingerprint density at radius 2 is 1.74 bits per heavy atom. The molecule has 0 radical (unpaired) electrons. The van der Waals surface area contributed by atoms with Crippen molar-refractivity contribution in [2.24, 2.45) is 0 Å². The molecule has 1 aromatic heterocycles. The highest BCUT2D eigenvalue weighted by Crippen LogP contribution is 2.37. The van der Waals surface area contributed by atoms with Crippen molar-refractivity contribution < 1.29 is 33.0 Å². The number of hydrogen-bond donors (Lipinski definition) is 2. The highest BCUT2D eigenvalue weighted by molar-refractivity contribution is 6.32. The number of methoxy groups -OCH3 is 1. The lowest BCUT2D eigenvalue weighted by Gasteiger charge is -2.31. The molecular weight excluding hydrogens is 800 g/mol. The van der Waals surface area contributed by atoms with Gasteiger partial charge in [0.2, 0.25) is 23.1 Å². The van der Waals surface area contributed by atoms with Crippen LogP contribution in [0.5, 0.6) is 5.75 Å². The molecule has 1 saturated heterocycles. The summed E-state index contributed by atoms with van der Waals surface area (Å²) >= 11 is 17.5. The van der Waals surface area contributed by atoms with Gasteiger partial charge in [0.15, 0.2) is 5.76 Å². The van der Waals surface area contributed by atoms with Crippen molar-refractivity contribution in [3.63, 3.8) is 0 Å². The second-order valence-electron chi connectivity index (χ2n) is 13.8. The minimum absolute atomic E-state index is 0.00962. The smallest absolute Gasteiger partial charge is 0.427 e. The molecule has 1 saturated carbocycles. The Morgan fingerprint density at radius 1 is 1.07 bits per heavy atom. The number of para-hydroxylation sites is 1. The minimum atomic E-state index is -0.941. The zero-order valence-electron chi connectivity index (χ0n) is 34.0. The number of alkyl halides is 1. The normalized spacial score (nSPS) is 14.4. The van der Waals surface area contributed by atoms with Gasteiger partial charge in [-0.25, -0.2) is 14.1 Å². The van der Waals surface area contributed by atoms with E-state index in [1.54, 1.807) is 25.9 Å². The van der Waals surface area contributed by atoms with Gasteiger partial charge in [0.25, 0.3) is 0 Å². The number of hydrogen-bond acceptors (Lipinski definition) is 11. The molecule has 1 aliphatic heterocycles.